The van der Waals surface area contributed by atoms with Crippen LogP contribution in [0.1, 0.15) is 36.1 Å². The van der Waals surface area contributed by atoms with Gasteiger partial charge in [-0.25, -0.2) is 8.42 Å². The van der Waals surface area contributed by atoms with Gasteiger partial charge in [-0.05, 0) is 62.9 Å². The van der Waals surface area contributed by atoms with Gasteiger partial charge in [0.25, 0.3) is 0 Å². The van der Waals surface area contributed by atoms with E-state index in [1.165, 1.54) is 21.5 Å². The number of aryl methyl sites for hydroxylation is 3. The van der Waals surface area contributed by atoms with Crippen molar-refractivity contribution in [2.45, 2.75) is 46.8 Å². The summed E-state index contributed by atoms with van der Waals surface area (Å²) >= 11 is 0. The molecule has 1 amide bonds. The molecule has 2 unspecified atom stereocenters. The fourth-order valence-electron chi connectivity index (χ4n) is 3.18. The summed E-state index contributed by atoms with van der Waals surface area (Å²) in [6, 6.07) is 4.13. The van der Waals surface area contributed by atoms with Gasteiger partial charge in [0.15, 0.2) is 0 Å². The summed E-state index contributed by atoms with van der Waals surface area (Å²) in [5, 5.41) is 2.65. The molecule has 1 saturated heterocycles. The standard InChI is InChI=1S/C20H30N2O4S/c1-14-10-16(3)19(11-15(14)2)6-7-20(23)21-8-9-27(24,25)22-12-17(4)26-18(5)13-22/h6-7,10-11,17-18H,8-9,12-13H2,1-5H3,(H,21,23)/b7-6+. The first-order chi connectivity index (χ1) is 12.6. The summed E-state index contributed by atoms with van der Waals surface area (Å²) in [7, 11) is -3.41. The molecule has 0 spiro atoms. The Balaban J connectivity index is 1.87. The summed E-state index contributed by atoms with van der Waals surface area (Å²) in [4.78, 5) is 12.0. The predicted molar refractivity (Wildman–Crippen MR) is 108 cm³/mol. The largest absolute Gasteiger partial charge is 0.373 e. The molecule has 6 nitrogen and oxygen atoms in total. The number of nitrogens with zero attached hydrogens (tertiary/aromatic N) is 1. The molecule has 1 aromatic rings. The van der Waals surface area contributed by atoms with Crippen molar-refractivity contribution < 1.29 is 17.9 Å². The molecule has 0 aromatic heterocycles. The molecule has 0 aliphatic carbocycles. The lowest BCUT2D eigenvalue weighted by molar-refractivity contribution is -0.116. The summed E-state index contributed by atoms with van der Waals surface area (Å²) < 4.78 is 31.9. The Labute approximate surface area is 162 Å². The molecule has 0 saturated carbocycles. The van der Waals surface area contributed by atoms with Crippen molar-refractivity contribution in [1.82, 2.24) is 9.62 Å². The van der Waals surface area contributed by atoms with Crippen molar-refractivity contribution in [2.75, 3.05) is 25.4 Å². The van der Waals surface area contributed by atoms with Crippen molar-refractivity contribution in [1.29, 1.82) is 0 Å². The second-order valence-electron chi connectivity index (χ2n) is 7.31. The molecule has 1 fully saturated rings. The number of nitrogens with one attached hydrogen (secondary N) is 1. The van der Waals surface area contributed by atoms with Gasteiger partial charge in [0.1, 0.15) is 0 Å². The van der Waals surface area contributed by atoms with E-state index in [0.717, 1.165) is 11.1 Å². The van der Waals surface area contributed by atoms with Crippen LogP contribution in [0.25, 0.3) is 6.08 Å². The first-order valence-electron chi connectivity index (χ1n) is 9.25. The van der Waals surface area contributed by atoms with Crippen LogP contribution in [0, 0.1) is 20.8 Å². The van der Waals surface area contributed by atoms with E-state index in [1.807, 2.05) is 33.8 Å². The van der Waals surface area contributed by atoms with Gasteiger partial charge in [-0.3, -0.25) is 4.79 Å². The number of carbonyl (C=O) groups is 1. The van der Waals surface area contributed by atoms with Crippen LogP contribution in [0.3, 0.4) is 0 Å². The van der Waals surface area contributed by atoms with Crippen LogP contribution in [-0.4, -0.2) is 56.2 Å². The van der Waals surface area contributed by atoms with E-state index >= 15 is 0 Å². The van der Waals surface area contributed by atoms with E-state index in [1.54, 1.807) is 6.08 Å². The number of hydrogen-bond acceptors (Lipinski definition) is 4. The minimum Gasteiger partial charge on any atom is -0.373 e. The molecule has 1 aliphatic heterocycles. The Morgan fingerprint density at radius 2 is 1.74 bits per heavy atom. The molecular weight excluding hydrogens is 364 g/mol. The highest BCUT2D eigenvalue weighted by atomic mass is 32.2. The molecule has 150 valence electrons. The van der Waals surface area contributed by atoms with Gasteiger partial charge in [-0.15, -0.1) is 0 Å². The van der Waals surface area contributed by atoms with Gasteiger partial charge >= 0.3 is 0 Å². The van der Waals surface area contributed by atoms with Gasteiger partial charge in [0, 0.05) is 25.7 Å². The van der Waals surface area contributed by atoms with Crippen molar-refractivity contribution in [2.24, 2.45) is 0 Å². The summed E-state index contributed by atoms with van der Waals surface area (Å²) in [6.07, 6.45) is 2.96. The van der Waals surface area contributed by atoms with E-state index in [-0.39, 0.29) is 30.4 Å². The van der Waals surface area contributed by atoms with Crippen molar-refractivity contribution in [3.63, 3.8) is 0 Å². The maximum atomic E-state index is 12.5. The Hall–Kier alpha value is -1.70. The minimum atomic E-state index is -3.41. The van der Waals surface area contributed by atoms with Crippen LogP contribution in [0.2, 0.25) is 0 Å². The van der Waals surface area contributed by atoms with E-state index < -0.39 is 10.0 Å². The minimum absolute atomic E-state index is 0.0809. The third-order valence-corrected chi connectivity index (χ3v) is 6.54. The number of ether oxygens (including phenoxy) is 1. The van der Waals surface area contributed by atoms with Crippen LogP contribution in [-0.2, 0) is 19.6 Å². The summed E-state index contributed by atoms with van der Waals surface area (Å²) in [5.74, 6) is -0.416. The zero-order chi connectivity index (χ0) is 20.2. The molecule has 1 aromatic carbocycles. The number of sulfonamides is 1. The molecule has 2 rings (SSSR count). The molecule has 0 bridgehead atoms. The summed E-state index contributed by atoms with van der Waals surface area (Å²) in [6.45, 7) is 10.6. The third kappa shape index (κ3) is 6.16. The zero-order valence-corrected chi connectivity index (χ0v) is 17.6. The first-order valence-corrected chi connectivity index (χ1v) is 10.9. The second-order valence-corrected chi connectivity index (χ2v) is 9.40. The van der Waals surface area contributed by atoms with Crippen LogP contribution < -0.4 is 5.32 Å². The number of rotatable bonds is 6. The lowest BCUT2D eigenvalue weighted by atomic mass is 10.0. The topological polar surface area (TPSA) is 75.7 Å². The highest BCUT2D eigenvalue weighted by Gasteiger charge is 2.30. The molecule has 1 aliphatic rings. The second kappa shape index (κ2) is 8.99. The van der Waals surface area contributed by atoms with E-state index in [2.05, 4.69) is 18.3 Å². The zero-order valence-electron chi connectivity index (χ0n) is 16.8. The van der Waals surface area contributed by atoms with Gasteiger partial charge in [-0.2, -0.15) is 4.31 Å². The van der Waals surface area contributed by atoms with E-state index in [0.29, 0.717) is 13.1 Å². The van der Waals surface area contributed by atoms with Crippen LogP contribution >= 0.6 is 0 Å². The molecular formula is C20H30N2O4S. The van der Waals surface area contributed by atoms with Crippen LogP contribution in [0.5, 0.6) is 0 Å². The molecule has 2 atom stereocenters. The maximum absolute atomic E-state index is 12.5. The van der Waals surface area contributed by atoms with Crippen LogP contribution in [0.4, 0.5) is 0 Å². The Morgan fingerprint density at radius 3 is 2.37 bits per heavy atom. The molecule has 1 N–H and O–H groups in total. The lowest BCUT2D eigenvalue weighted by Crippen LogP contribution is -2.49. The lowest BCUT2D eigenvalue weighted by Gasteiger charge is -2.34. The number of benzene rings is 1. The molecule has 27 heavy (non-hydrogen) atoms. The van der Waals surface area contributed by atoms with E-state index in [4.69, 9.17) is 4.74 Å². The SMILES string of the molecule is Cc1cc(C)c(/C=C/C(=O)NCCS(=O)(=O)N2CC(C)OC(C)C2)cc1C. The highest BCUT2D eigenvalue weighted by molar-refractivity contribution is 7.89. The monoisotopic (exact) mass is 394 g/mol. The normalized spacial score (nSPS) is 21.5. The fourth-order valence-corrected chi connectivity index (χ4v) is 4.67. The van der Waals surface area contributed by atoms with Crippen molar-refractivity contribution in [3.8, 4) is 0 Å². The number of amides is 1. The molecule has 7 heteroatoms. The predicted octanol–water partition coefficient (Wildman–Crippen LogP) is 2.18. The van der Waals surface area contributed by atoms with E-state index in [9.17, 15) is 13.2 Å². The smallest absolute Gasteiger partial charge is 0.244 e. The maximum Gasteiger partial charge on any atom is 0.244 e. The van der Waals surface area contributed by atoms with Gasteiger partial charge in [0.2, 0.25) is 15.9 Å². The van der Waals surface area contributed by atoms with Crippen LogP contribution in [0.15, 0.2) is 18.2 Å². The number of hydrogen-bond donors (Lipinski definition) is 1. The number of carbonyl (C=O) groups excluding carboxylic acids is 1. The third-order valence-electron chi connectivity index (χ3n) is 4.74. The molecule has 0 radical (unpaired) electrons. The van der Waals surface area contributed by atoms with Gasteiger partial charge in [0.05, 0.1) is 18.0 Å². The molecule has 1 heterocycles. The average molecular weight is 395 g/mol. The van der Waals surface area contributed by atoms with Crippen molar-refractivity contribution >= 4 is 22.0 Å². The Bertz CT molecular complexity index is 808. The fraction of sp³-hybridized carbons (Fsp3) is 0.550. The average Bonchev–Trinajstić information content (AvgIpc) is 2.56. The number of morpholine rings is 1. The van der Waals surface area contributed by atoms with Gasteiger partial charge in [-0.1, -0.05) is 12.1 Å². The van der Waals surface area contributed by atoms with Gasteiger partial charge < -0.3 is 10.1 Å². The summed E-state index contributed by atoms with van der Waals surface area (Å²) in [5.41, 5.74) is 4.46. The Kier molecular flexibility index (Phi) is 7.19. The highest BCUT2D eigenvalue weighted by Crippen LogP contribution is 2.17. The Morgan fingerprint density at radius 1 is 1.15 bits per heavy atom. The van der Waals surface area contributed by atoms with Crippen molar-refractivity contribution in [3.05, 3.63) is 40.5 Å². The first kappa shape index (κ1) is 21.6. The quantitative estimate of drug-likeness (QED) is 0.751.